The van der Waals surface area contributed by atoms with Crippen LogP contribution in [-0.2, 0) is 19.6 Å². The van der Waals surface area contributed by atoms with Crippen LogP contribution in [0.2, 0.25) is 0 Å². The second-order valence-corrected chi connectivity index (χ2v) is 7.84. The van der Waals surface area contributed by atoms with Crippen molar-refractivity contribution in [2.45, 2.75) is 18.0 Å². The average Bonchev–Trinajstić information content (AvgIpc) is 2.71. The largest absolute Gasteiger partial charge is 0.465 e. The summed E-state index contributed by atoms with van der Waals surface area (Å²) in [7, 11) is -3.80. The van der Waals surface area contributed by atoms with Gasteiger partial charge in [0.15, 0.2) is 0 Å². The van der Waals surface area contributed by atoms with E-state index in [9.17, 15) is 13.2 Å². The van der Waals surface area contributed by atoms with Crippen LogP contribution in [0.5, 0.6) is 0 Å². The number of fused-ring (bicyclic) bond motifs is 1. The number of hydrogen-bond donors (Lipinski definition) is 2. The van der Waals surface area contributed by atoms with Crippen LogP contribution in [0.4, 0.5) is 0 Å². The second kappa shape index (κ2) is 8.97. The fourth-order valence-corrected chi connectivity index (χ4v) is 4.11. The van der Waals surface area contributed by atoms with Crippen molar-refractivity contribution in [2.75, 3.05) is 13.2 Å². The summed E-state index contributed by atoms with van der Waals surface area (Å²) in [6.07, 6.45) is -0.805. The summed E-state index contributed by atoms with van der Waals surface area (Å²) in [6, 6.07) is 21.4. The molecule has 146 valence electrons. The Morgan fingerprint density at radius 1 is 0.964 bits per heavy atom. The molecule has 0 aliphatic rings. The molecule has 3 aromatic rings. The number of rotatable bonds is 8. The van der Waals surface area contributed by atoms with Gasteiger partial charge in [0, 0.05) is 0 Å². The van der Waals surface area contributed by atoms with E-state index in [1.54, 1.807) is 25.1 Å². The molecule has 0 amide bonds. The Hall–Kier alpha value is -2.74. The molecule has 6 nitrogen and oxygen atoms in total. The highest BCUT2D eigenvalue weighted by molar-refractivity contribution is 7.89. The van der Waals surface area contributed by atoms with Crippen molar-refractivity contribution in [3.63, 3.8) is 0 Å². The minimum absolute atomic E-state index is 0.126. The number of carbonyl (C=O) groups excluding carboxylic acids is 1. The van der Waals surface area contributed by atoms with Crippen LogP contribution in [-0.4, -0.2) is 27.5 Å². The Morgan fingerprint density at radius 3 is 2.39 bits per heavy atom. The SMILES string of the molecule is CCOC(=O)CNC(NS(=O)(=O)c1ccccc1)c1cccc2ccccc12. The van der Waals surface area contributed by atoms with E-state index in [0.717, 1.165) is 16.3 Å². The van der Waals surface area contributed by atoms with Gasteiger partial charge in [-0.2, -0.15) is 4.72 Å². The van der Waals surface area contributed by atoms with Crippen molar-refractivity contribution in [3.8, 4) is 0 Å². The van der Waals surface area contributed by atoms with E-state index < -0.39 is 22.2 Å². The van der Waals surface area contributed by atoms with Gasteiger partial charge in [-0.25, -0.2) is 8.42 Å². The minimum Gasteiger partial charge on any atom is -0.465 e. The quantitative estimate of drug-likeness (QED) is 0.450. The molecule has 0 aliphatic heterocycles. The van der Waals surface area contributed by atoms with Crippen molar-refractivity contribution in [1.82, 2.24) is 10.0 Å². The molecule has 0 radical (unpaired) electrons. The molecular formula is C21H22N2O4S. The Bertz CT molecular complexity index is 1050. The molecule has 0 bridgehead atoms. The highest BCUT2D eigenvalue weighted by Gasteiger charge is 2.23. The van der Waals surface area contributed by atoms with E-state index >= 15 is 0 Å². The number of hydrogen-bond acceptors (Lipinski definition) is 5. The van der Waals surface area contributed by atoms with Crippen LogP contribution in [0.1, 0.15) is 18.7 Å². The van der Waals surface area contributed by atoms with Crippen LogP contribution in [0.15, 0.2) is 77.7 Å². The van der Waals surface area contributed by atoms with E-state index in [1.807, 2.05) is 42.5 Å². The lowest BCUT2D eigenvalue weighted by Crippen LogP contribution is -2.40. The molecule has 0 saturated heterocycles. The number of carbonyl (C=O) groups is 1. The van der Waals surface area contributed by atoms with E-state index in [0.29, 0.717) is 0 Å². The third-order valence-corrected chi connectivity index (χ3v) is 5.66. The highest BCUT2D eigenvalue weighted by Crippen LogP contribution is 2.24. The van der Waals surface area contributed by atoms with Crippen LogP contribution in [0.3, 0.4) is 0 Å². The average molecular weight is 398 g/mol. The molecule has 0 fully saturated rings. The minimum atomic E-state index is -3.80. The lowest BCUT2D eigenvalue weighted by molar-refractivity contribution is -0.142. The molecule has 0 heterocycles. The summed E-state index contributed by atoms with van der Waals surface area (Å²) in [6.45, 7) is 1.85. The van der Waals surface area contributed by atoms with Crippen LogP contribution in [0.25, 0.3) is 10.8 Å². The van der Waals surface area contributed by atoms with Crippen LogP contribution >= 0.6 is 0 Å². The molecule has 0 saturated carbocycles. The van der Waals surface area contributed by atoms with Crippen LogP contribution in [0, 0.1) is 0 Å². The van der Waals surface area contributed by atoms with Crippen LogP contribution < -0.4 is 10.0 Å². The number of nitrogens with one attached hydrogen (secondary N) is 2. The summed E-state index contributed by atoms with van der Waals surface area (Å²) >= 11 is 0. The first-order chi connectivity index (χ1) is 13.5. The van der Waals surface area contributed by atoms with E-state index in [4.69, 9.17) is 4.74 Å². The molecule has 2 N–H and O–H groups in total. The molecule has 7 heteroatoms. The molecule has 1 atom stereocenters. The first kappa shape index (κ1) is 20.0. The molecule has 0 spiro atoms. The lowest BCUT2D eigenvalue weighted by Gasteiger charge is -2.22. The summed E-state index contributed by atoms with van der Waals surface area (Å²) in [5, 5.41) is 4.84. The standard InChI is InChI=1S/C21H22N2O4S/c1-2-27-20(24)15-22-21(23-28(25,26)17-11-4-3-5-12-17)19-14-8-10-16-9-6-7-13-18(16)19/h3-14,21-23H,2,15H2,1H3. The number of esters is 1. The highest BCUT2D eigenvalue weighted by atomic mass is 32.2. The van der Waals surface area contributed by atoms with Gasteiger partial charge in [-0.1, -0.05) is 60.7 Å². The van der Waals surface area contributed by atoms with E-state index in [2.05, 4.69) is 10.0 Å². The number of ether oxygens (including phenoxy) is 1. The zero-order valence-electron chi connectivity index (χ0n) is 15.5. The van der Waals surface area contributed by atoms with Gasteiger partial charge in [-0.05, 0) is 35.4 Å². The molecule has 0 aliphatic carbocycles. The fourth-order valence-electron chi connectivity index (χ4n) is 2.94. The van der Waals surface area contributed by atoms with Gasteiger partial charge < -0.3 is 4.74 Å². The maximum Gasteiger partial charge on any atom is 0.319 e. The summed E-state index contributed by atoms with van der Waals surface area (Å²) in [5.41, 5.74) is 0.724. The molecular weight excluding hydrogens is 376 g/mol. The van der Waals surface area contributed by atoms with Gasteiger partial charge in [0.05, 0.1) is 24.2 Å². The predicted octanol–water partition coefficient (Wildman–Crippen LogP) is 2.97. The maximum absolute atomic E-state index is 12.9. The summed E-state index contributed by atoms with van der Waals surface area (Å²) in [4.78, 5) is 12.0. The van der Waals surface area contributed by atoms with E-state index in [1.165, 1.54) is 12.1 Å². The molecule has 0 aromatic heterocycles. The second-order valence-electron chi connectivity index (χ2n) is 6.12. The zero-order chi connectivity index (χ0) is 20.0. The predicted molar refractivity (Wildman–Crippen MR) is 108 cm³/mol. The van der Waals surface area contributed by atoms with Crippen molar-refractivity contribution in [3.05, 3.63) is 78.4 Å². The zero-order valence-corrected chi connectivity index (χ0v) is 16.3. The van der Waals surface area contributed by atoms with Crippen molar-refractivity contribution >= 4 is 26.8 Å². The third-order valence-electron chi connectivity index (χ3n) is 4.22. The third kappa shape index (κ3) is 4.75. The van der Waals surface area contributed by atoms with Gasteiger partial charge in [0.25, 0.3) is 0 Å². The smallest absolute Gasteiger partial charge is 0.319 e. The number of sulfonamides is 1. The first-order valence-corrected chi connectivity index (χ1v) is 10.4. The lowest BCUT2D eigenvalue weighted by atomic mass is 10.0. The molecule has 28 heavy (non-hydrogen) atoms. The Balaban J connectivity index is 1.96. The van der Waals surface area contributed by atoms with Crippen molar-refractivity contribution < 1.29 is 17.9 Å². The topological polar surface area (TPSA) is 84.5 Å². The van der Waals surface area contributed by atoms with Gasteiger partial charge in [-0.3, -0.25) is 10.1 Å². The van der Waals surface area contributed by atoms with Crippen molar-refractivity contribution in [1.29, 1.82) is 0 Å². The maximum atomic E-state index is 12.9. The monoisotopic (exact) mass is 398 g/mol. The van der Waals surface area contributed by atoms with Crippen molar-refractivity contribution in [2.24, 2.45) is 0 Å². The Morgan fingerprint density at radius 2 is 1.64 bits per heavy atom. The Kier molecular flexibility index (Phi) is 6.41. The van der Waals surface area contributed by atoms with E-state index in [-0.39, 0.29) is 18.0 Å². The summed E-state index contributed by atoms with van der Waals surface area (Å²) in [5.74, 6) is -0.452. The number of benzene rings is 3. The first-order valence-electron chi connectivity index (χ1n) is 8.95. The summed E-state index contributed by atoms with van der Waals surface area (Å²) < 4.78 is 33.3. The molecule has 3 rings (SSSR count). The molecule has 1 unspecified atom stereocenters. The normalized spacial score (nSPS) is 12.6. The molecule has 3 aromatic carbocycles. The van der Waals surface area contributed by atoms with Gasteiger partial charge in [0.2, 0.25) is 10.0 Å². The van der Waals surface area contributed by atoms with Gasteiger partial charge >= 0.3 is 5.97 Å². The fraction of sp³-hybridized carbons (Fsp3) is 0.190. The van der Waals surface area contributed by atoms with Gasteiger partial charge in [0.1, 0.15) is 0 Å². The Labute approximate surface area is 164 Å². The van der Waals surface area contributed by atoms with Gasteiger partial charge in [-0.15, -0.1) is 0 Å².